The number of nitro groups is 1. The molecule has 0 bridgehead atoms. The van der Waals surface area contributed by atoms with Crippen LogP contribution in [0.4, 0.5) is 5.69 Å². The summed E-state index contributed by atoms with van der Waals surface area (Å²) in [5.74, 6) is -0.0476. The normalized spacial score (nSPS) is 17.1. The molecular formula is C12H12N2O6. The van der Waals surface area contributed by atoms with Crippen LogP contribution in [-0.2, 0) is 14.4 Å². The van der Waals surface area contributed by atoms with Crippen molar-refractivity contribution < 1.29 is 24.0 Å². The molecule has 1 aliphatic rings. The van der Waals surface area contributed by atoms with Gasteiger partial charge in [0, 0.05) is 18.6 Å². The van der Waals surface area contributed by atoms with E-state index in [1.165, 1.54) is 31.4 Å². The molecule has 0 fully saturated rings. The third kappa shape index (κ3) is 3.22. The first-order valence-electron chi connectivity index (χ1n) is 5.78. The average molecular weight is 280 g/mol. The minimum Gasteiger partial charge on any atom is -0.490 e. The second-order valence-electron chi connectivity index (χ2n) is 4.02. The molecular weight excluding hydrogens is 268 g/mol. The lowest BCUT2D eigenvalue weighted by Gasteiger charge is -2.10. The van der Waals surface area contributed by atoms with Crippen molar-refractivity contribution in [3.63, 3.8) is 0 Å². The number of ether oxygens (including phenoxy) is 2. The highest BCUT2D eigenvalue weighted by molar-refractivity contribution is 6.36. The number of hydrogen-bond acceptors (Lipinski definition) is 7. The monoisotopic (exact) mass is 280 g/mol. The zero-order chi connectivity index (χ0) is 14.5. The van der Waals surface area contributed by atoms with Gasteiger partial charge in [0.05, 0.1) is 12.0 Å². The molecule has 1 aromatic rings. The van der Waals surface area contributed by atoms with E-state index in [0.717, 1.165) is 0 Å². The summed E-state index contributed by atoms with van der Waals surface area (Å²) in [6, 6.07) is 5.69. The lowest BCUT2D eigenvalue weighted by molar-refractivity contribution is -0.384. The van der Waals surface area contributed by atoms with Crippen molar-refractivity contribution in [1.29, 1.82) is 0 Å². The summed E-state index contributed by atoms with van der Waals surface area (Å²) in [5, 5.41) is 14.1. The highest BCUT2D eigenvalue weighted by atomic mass is 16.7. The van der Waals surface area contributed by atoms with Crippen LogP contribution in [0.3, 0.4) is 0 Å². The topological polar surface area (TPSA) is 100 Å². The summed E-state index contributed by atoms with van der Waals surface area (Å²) < 4.78 is 9.94. The van der Waals surface area contributed by atoms with E-state index in [2.05, 4.69) is 9.89 Å². The van der Waals surface area contributed by atoms with E-state index in [0.29, 0.717) is 12.2 Å². The molecule has 1 aromatic carbocycles. The fourth-order valence-corrected chi connectivity index (χ4v) is 1.61. The number of carbonyl (C=O) groups is 1. The molecule has 2 rings (SSSR count). The Morgan fingerprint density at radius 3 is 2.80 bits per heavy atom. The average Bonchev–Trinajstić information content (AvgIpc) is 2.93. The van der Waals surface area contributed by atoms with E-state index in [-0.39, 0.29) is 24.1 Å². The minimum atomic E-state index is -0.525. The molecule has 0 N–H and O–H groups in total. The second-order valence-corrected chi connectivity index (χ2v) is 4.02. The Morgan fingerprint density at radius 1 is 1.50 bits per heavy atom. The van der Waals surface area contributed by atoms with Crippen molar-refractivity contribution in [3.8, 4) is 5.75 Å². The Labute approximate surface area is 114 Å². The van der Waals surface area contributed by atoms with Gasteiger partial charge in [-0.3, -0.25) is 10.1 Å². The van der Waals surface area contributed by atoms with Gasteiger partial charge in [0.1, 0.15) is 12.4 Å². The predicted octanol–water partition coefficient (Wildman–Crippen LogP) is 1.29. The van der Waals surface area contributed by atoms with Crippen LogP contribution in [0.5, 0.6) is 5.75 Å². The van der Waals surface area contributed by atoms with E-state index in [9.17, 15) is 14.9 Å². The fraction of sp³-hybridized carbons (Fsp3) is 0.333. The first kappa shape index (κ1) is 13.8. The van der Waals surface area contributed by atoms with Crippen molar-refractivity contribution >= 4 is 17.4 Å². The number of nitro benzene ring substituents is 1. The van der Waals surface area contributed by atoms with Crippen LogP contribution >= 0.6 is 0 Å². The SMILES string of the molecule is COC(=O)C1=NO[C@@H](COc2ccc([N+](=O)[O-])cc2)C1. The Hall–Kier alpha value is -2.64. The first-order valence-corrected chi connectivity index (χ1v) is 5.78. The number of methoxy groups -OCH3 is 1. The number of benzene rings is 1. The molecule has 8 heteroatoms. The maximum atomic E-state index is 11.2. The van der Waals surface area contributed by atoms with E-state index >= 15 is 0 Å². The van der Waals surface area contributed by atoms with Crippen molar-refractivity contribution in [3.05, 3.63) is 34.4 Å². The summed E-state index contributed by atoms with van der Waals surface area (Å²) >= 11 is 0. The molecule has 0 aliphatic carbocycles. The van der Waals surface area contributed by atoms with Gasteiger partial charge in [-0.1, -0.05) is 5.16 Å². The van der Waals surface area contributed by atoms with Crippen LogP contribution in [0.2, 0.25) is 0 Å². The molecule has 20 heavy (non-hydrogen) atoms. The smallest absolute Gasteiger partial charge is 0.355 e. The van der Waals surface area contributed by atoms with E-state index in [1.54, 1.807) is 0 Å². The largest absolute Gasteiger partial charge is 0.490 e. The van der Waals surface area contributed by atoms with Crippen molar-refractivity contribution in [2.45, 2.75) is 12.5 Å². The number of hydrogen-bond donors (Lipinski definition) is 0. The lowest BCUT2D eigenvalue weighted by atomic mass is 10.2. The van der Waals surface area contributed by atoms with Crippen LogP contribution < -0.4 is 4.74 Å². The van der Waals surface area contributed by atoms with E-state index in [4.69, 9.17) is 9.57 Å². The second kappa shape index (κ2) is 6.00. The minimum absolute atomic E-state index is 0.00854. The van der Waals surface area contributed by atoms with E-state index in [1.807, 2.05) is 0 Å². The quantitative estimate of drug-likeness (QED) is 0.457. The molecule has 1 heterocycles. The summed E-state index contributed by atoms with van der Waals surface area (Å²) in [4.78, 5) is 26.2. The Balaban J connectivity index is 1.82. The van der Waals surface area contributed by atoms with Gasteiger partial charge in [0.25, 0.3) is 5.69 Å². The molecule has 0 unspecified atom stereocenters. The first-order chi connectivity index (χ1) is 9.60. The maximum Gasteiger partial charge on any atom is 0.355 e. The van der Waals surface area contributed by atoms with Crippen molar-refractivity contribution in [2.24, 2.45) is 5.16 Å². The molecule has 106 valence electrons. The van der Waals surface area contributed by atoms with Crippen LogP contribution in [-0.4, -0.2) is 36.4 Å². The number of non-ortho nitro benzene ring substituents is 1. The number of rotatable bonds is 5. The zero-order valence-electron chi connectivity index (χ0n) is 10.6. The molecule has 0 saturated heterocycles. The molecule has 0 amide bonds. The number of nitrogens with zero attached hydrogens (tertiary/aromatic N) is 2. The Bertz CT molecular complexity index is 539. The molecule has 1 atom stereocenters. The van der Waals surface area contributed by atoms with Gasteiger partial charge >= 0.3 is 5.97 Å². The number of esters is 1. The van der Waals surface area contributed by atoms with E-state index < -0.39 is 10.9 Å². The fourth-order valence-electron chi connectivity index (χ4n) is 1.61. The van der Waals surface area contributed by atoms with Crippen molar-refractivity contribution in [1.82, 2.24) is 0 Å². The van der Waals surface area contributed by atoms with Gasteiger partial charge in [0.15, 0.2) is 11.8 Å². The highest BCUT2D eigenvalue weighted by Gasteiger charge is 2.27. The lowest BCUT2D eigenvalue weighted by Crippen LogP contribution is -2.21. The summed E-state index contributed by atoms with van der Waals surface area (Å²) in [7, 11) is 1.27. The molecule has 0 aromatic heterocycles. The molecule has 8 nitrogen and oxygen atoms in total. The van der Waals surface area contributed by atoms with Gasteiger partial charge in [0.2, 0.25) is 0 Å². The van der Waals surface area contributed by atoms with Gasteiger partial charge in [-0.25, -0.2) is 4.79 Å². The van der Waals surface area contributed by atoms with Crippen LogP contribution in [0, 0.1) is 10.1 Å². The molecule has 0 saturated carbocycles. The Kier molecular flexibility index (Phi) is 4.14. The van der Waals surface area contributed by atoms with Gasteiger partial charge in [-0.2, -0.15) is 0 Å². The van der Waals surface area contributed by atoms with Crippen LogP contribution in [0.1, 0.15) is 6.42 Å². The standard InChI is InChI=1S/C12H12N2O6/c1-18-12(15)11-6-10(20-13-11)7-19-9-4-2-8(3-5-9)14(16)17/h2-5,10H,6-7H2,1H3/t10-/m1/s1. The third-order valence-corrected chi connectivity index (χ3v) is 2.64. The van der Waals surface area contributed by atoms with Crippen LogP contribution in [0.25, 0.3) is 0 Å². The Morgan fingerprint density at radius 2 is 2.20 bits per heavy atom. The van der Waals surface area contributed by atoms with Gasteiger partial charge in [-0.05, 0) is 12.1 Å². The summed E-state index contributed by atoms with van der Waals surface area (Å²) in [6.07, 6.45) is -0.0704. The van der Waals surface area contributed by atoms with Crippen molar-refractivity contribution in [2.75, 3.05) is 13.7 Å². The summed E-state index contributed by atoms with van der Waals surface area (Å²) in [6.45, 7) is 0.182. The van der Waals surface area contributed by atoms with Gasteiger partial charge < -0.3 is 14.3 Å². The molecule has 0 radical (unpaired) electrons. The number of oxime groups is 1. The van der Waals surface area contributed by atoms with Crippen LogP contribution in [0.15, 0.2) is 29.4 Å². The van der Waals surface area contributed by atoms with Gasteiger partial charge in [-0.15, -0.1) is 0 Å². The third-order valence-electron chi connectivity index (χ3n) is 2.64. The number of carbonyl (C=O) groups excluding carboxylic acids is 1. The predicted molar refractivity (Wildman–Crippen MR) is 67.5 cm³/mol. The highest BCUT2D eigenvalue weighted by Crippen LogP contribution is 2.19. The summed E-state index contributed by atoms with van der Waals surface area (Å²) in [5.41, 5.74) is 0.204. The molecule has 0 spiro atoms. The molecule has 1 aliphatic heterocycles. The maximum absolute atomic E-state index is 11.2. The zero-order valence-corrected chi connectivity index (χ0v) is 10.6.